The molecule has 0 saturated heterocycles. The van der Waals surface area contributed by atoms with Gasteiger partial charge in [-0.2, -0.15) is 0 Å². The van der Waals surface area contributed by atoms with E-state index < -0.39 is 0 Å². The van der Waals surface area contributed by atoms with Crippen molar-refractivity contribution >= 4 is 34.7 Å². The molecule has 3 N–H and O–H groups in total. The number of nitrogens with two attached hydrogens (primary N) is 1. The number of rotatable bonds is 6. The van der Waals surface area contributed by atoms with Crippen LogP contribution in [-0.4, -0.2) is 17.6 Å². The van der Waals surface area contributed by atoms with Gasteiger partial charge in [0.2, 0.25) is 5.91 Å². The summed E-state index contributed by atoms with van der Waals surface area (Å²) in [6.45, 7) is 0. The van der Waals surface area contributed by atoms with E-state index in [4.69, 9.17) is 17.3 Å². The zero-order chi connectivity index (χ0) is 15.8. The maximum atomic E-state index is 12.0. The number of aliphatic imine (C=N–C) groups is 1. The Balaban J connectivity index is 1.93. The highest BCUT2D eigenvalue weighted by Gasteiger charge is 2.04. The molecule has 0 atom stereocenters. The summed E-state index contributed by atoms with van der Waals surface area (Å²) in [6, 6.07) is 17.1. The smallest absolute Gasteiger partial charge is 0.224 e. The lowest BCUT2D eigenvalue weighted by molar-refractivity contribution is -0.116. The lowest BCUT2D eigenvalue weighted by Crippen LogP contribution is -2.13. The third-order valence-corrected chi connectivity index (χ3v) is 3.30. The Morgan fingerprint density at radius 1 is 1.14 bits per heavy atom. The highest BCUT2D eigenvalue weighted by molar-refractivity contribution is 6.28. The maximum Gasteiger partial charge on any atom is 0.224 e. The van der Waals surface area contributed by atoms with Gasteiger partial charge in [0.25, 0.3) is 0 Å². The molecule has 0 spiro atoms. The first-order chi connectivity index (χ1) is 10.7. The van der Waals surface area contributed by atoms with Crippen LogP contribution in [0, 0.1) is 0 Å². The Hall–Kier alpha value is -2.33. The Morgan fingerprint density at radius 2 is 1.91 bits per heavy atom. The number of hydrogen-bond donors (Lipinski definition) is 2. The van der Waals surface area contributed by atoms with Crippen LogP contribution >= 0.6 is 11.6 Å². The van der Waals surface area contributed by atoms with E-state index in [1.165, 1.54) is 0 Å². The first-order valence-corrected chi connectivity index (χ1v) is 7.53. The SMILES string of the molecule is NC(CCl)=Nc1cccc(NC(=O)CCc2ccccc2)c1. The molecule has 2 aromatic carbocycles. The fourth-order valence-corrected chi connectivity index (χ4v) is 2.03. The third kappa shape index (κ3) is 5.22. The van der Waals surface area contributed by atoms with Crippen LogP contribution in [0.15, 0.2) is 59.6 Å². The van der Waals surface area contributed by atoms with Crippen molar-refractivity contribution in [2.45, 2.75) is 12.8 Å². The number of amidine groups is 1. The van der Waals surface area contributed by atoms with Crippen molar-refractivity contribution in [1.82, 2.24) is 0 Å². The van der Waals surface area contributed by atoms with Crippen LogP contribution in [0.2, 0.25) is 0 Å². The van der Waals surface area contributed by atoms with Crippen molar-refractivity contribution in [2.24, 2.45) is 10.7 Å². The van der Waals surface area contributed by atoms with Crippen molar-refractivity contribution < 1.29 is 4.79 Å². The minimum absolute atomic E-state index is 0.0321. The van der Waals surface area contributed by atoms with Crippen molar-refractivity contribution in [2.75, 3.05) is 11.2 Å². The van der Waals surface area contributed by atoms with Gasteiger partial charge in [-0.25, -0.2) is 4.99 Å². The summed E-state index contributed by atoms with van der Waals surface area (Å²) in [5.41, 5.74) is 8.11. The van der Waals surface area contributed by atoms with Gasteiger partial charge in [0.1, 0.15) is 5.84 Å². The lowest BCUT2D eigenvalue weighted by atomic mass is 10.1. The summed E-state index contributed by atoms with van der Waals surface area (Å²) in [7, 11) is 0. The van der Waals surface area contributed by atoms with E-state index in [0.29, 0.717) is 30.1 Å². The molecular formula is C17H18ClN3O. The number of hydrogen-bond acceptors (Lipinski definition) is 2. The largest absolute Gasteiger partial charge is 0.386 e. The molecule has 0 aliphatic rings. The topological polar surface area (TPSA) is 67.5 Å². The molecule has 114 valence electrons. The van der Waals surface area contributed by atoms with Gasteiger partial charge >= 0.3 is 0 Å². The standard InChI is InChI=1S/C17H18ClN3O/c18-12-16(19)20-14-7-4-8-15(11-14)21-17(22)10-9-13-5-2-1-3-6-13/h1-8,11H,9-10,12H2,(H2,19,20)(H,21,22). The molecule has 0 fully saturated rings. The van der Waals surface area contributed by atoms with E-state index in [-0.39, 0.29) is 11.8 Å². The Labute approximate surface area is 135 Å². The number of alkyl halides is 1. The highest BCUT2D eigenvalue weighted by atomic mass is 35.5. The van der Waals surface area contributed by atoms with Gasteiger partial charge in [-0.1, -0.05) is 36.4 Å². The van der Waals surface area contributed by atoms with E-state index in [9.17, 15) is 4.79 Å². The first kappa shape index (κ1) is 16.0. The number of halogens is 1. The second-order valence-corrected chi connectivity index (χ2v) is 5.09. The van der Waals surface area contributed by atoms with E-state index in [1.54, 1.807) is 12.1 Å². The molecule has 0 bridgehead atoms. The van der Waals surface area contributed by atoms with Gasteiger partial charge in [-0.3, -0.25) is 4.79 Å². The van der Waals surface area contributed by atoms with Crippen molar-refractivity contribution in [3.63, 3.8) is 0 Å². The minimum Gasteiger partial charge on any atom is -0.386 e. The number of aryl methyl sites for hydroxylation is 1. The molecule has 0 aliphatic heterocycles. The van der Waals surface area contributed by atoms with Crippen molar-refractivity contribution in [3.05, 3.63) is 60.2 Å². The zero-order valence-corrected chi connectivity index (χ0v) is 12.9. The molecule has 0 aliphatic carbocycles. The van der Waals surface area contributed by atoms with Crippen LogP contribution in [0.1, 0.15) is 12.0 Å². The highest BCUT2D eigenvalue weighted by Crippen LogP contribution is 2.18. The number of carbonyl (C=O) groups excluding carboxylic acids is 1. The van der Waals surface area contributed by atoms with Crippen LogP contribution in [0.4, 0.5) is 11.4 Å². The number of amides is 1. The molecule has 5 heteroatoms. The van der Waals surface area contributed by atoms with Crippen molar-refractivity contribution in [3.8, 4) is 0 Å². The molecule has 1 amide bonds. The monoisotopic (exact) mass is 315 g/mol. The van der Waals surface area contributed by atoms with Crippen LogP contribution < -0.4 is 11.1 Å². The summed E-state index contributed by atoms with van der Waals surface area (Å²) >= 11 is 5.60. The summed E-state index contributed by atoms with van der Waals surface area (Å²) in [4.78, 5) is 16.1. The fraction of sp³-hybridized carbons (Fsp3) is 0.176. The van der Waals surface area contributed by atoms with E-state index in [2.05, 4.69) is 10.3 Å². The average Bonchev–Trinajstić information content (AvgIpc) is 2.54. The van der Waals surface area contributed by atoms with Crippen LogP contribution in [0.25, 0.3) is 0 Å². The Bertz CT molecular complexity index is 656. The predicted octanol–water partition coefficient (Wildman–Crippen LogP) is 3.49. The fourth-order valence-electron chi connectivity index (χ4n) is 1.97. The summed E-state index contributed by atoms with van der Waals surface area (Å²) in [6.07, 6.45) is 1.14. The van der Waals surface area contributed by atoms with Crippen LogP contribution in [0.3, 0.4) is 0 Å². The number of nitrogens with zero attached hydrogens (tertiary/aromatic N) is 1. The minimum atomic E-state index is -0.0321. The number of carbonyl (C=O) groups is 1. The molecule has 0 radical (unpaired) electrons. The molecule has 0 saturated carbocycles. The van der Waals surface area contributed by atoms with Gasteiger partial charge < -0.3 is 11.1 Å². The maximum absolute atomic E-state index is 12.0. The number of anilines is 1. The van der Waals surface area contributed by atoms with E-state index in [0.717, 1.165) is 5.56 Å². The normalized spacial score (nSPS) is 11.2. The molecular weight excluding hydrogens is 298 g/mol. The Kier molecular flexibility index (Phi) is 5.98. The summed E-state index contributed by atoms with van der Waals surface area (Å²) in [5.74, 6) is 0.484. The zero-order valence-electron chi connectivity index (χ0n) is 12.1. The summed E-state index contributed by atoms with van der Waals surface area (Å²) < 4.78 is 0. The number of benzene rings is 2. The average molecular weight is 316 g/mol. The van der Waals surface area contributed by atoms with Gasteiger partial charge in [0, 0.05) is 12.1 Å². The quantitative estimate of drug-likeness (QED) is 0.487. The van der Waals surface area contributed by atoms with Crippen LogP contribution in [-0.2, 0) is 11.2 Å². The van der Waals surface area contributed by atoms with Gasteiger partial charge in [0.05, 0.1) is 11.6 Å². The molecule has 2 aromatic rings. The van der Waals surface area contributed by atoms with Crippen molar-refractivity contribution in [1.29, 1.82) is 0 Å². The predicted molar refractivity (Wildman–Crippen MR) is 91.8 cm³/mol. The van der Waals surface area contributed by atoms with Gasteiger partial charge in [0.15, 0.2) is 0 Å². The van der Waals surface area contributed by atoms with Gasteiger partial charge in [-0.15, -0.1) is 11.6 Å². The van der Waals surface area contributed by atoms with Gasteiger partial charge in [-0.05, 0) is 30.2 Å². The third-order valence-electron chi connectivity index (χ3n) is 3.02. The van der Waals surface area contributed by atoms with E-state index in [1.807, 2.05) is 42.5 Å². The molecule has 0 aromatic heterocycles. The second kappa shape index (κ2) is 8.20. The second-order valence-electron chi connectivity index (χ2n) is 4.82. The van der Waals surface area contributed by atoms with Crippen LogP contribution in [0.5, 0.6) is 0 Å². The molecule has 4 nitrogen and oxygen atoms in total. The molecule has 22 heavy (non-hydrogen) atoms. The molecule has 0 heterocycles. The Morgan fingerprint density at radius 3 is 2.64 bits per heavy atom. The summed E-state index contributed by atoms with van der Waals surface area (Å²) in [5, 5.41) is 2.86. The van der Waals surface area contributed by atoms with E-state index >= 15 is 0 Å². The lowest BCUT2D eigenvalue weighted by Gasteiger charge is -2.06. The number of nitrogens with one attached hydrogen (secondary N) is 1. The molecule has 0 unspecified atom stereocenters. The first-order valence-electron chi connectivity index (χ1n) is 7.00. The molecule has 2 rings (SSSR count).